The van der Waals surface area contributed by atoms with Crippen molar-refractivity contribution in [3.8, 4) is 0 Å². The third kappa shape index (κ3) is 2.53. The van der Waals surface area contributed by atoms with Crippen LogP contribution >= 0.6 is 0 Å². The Morgan fingerprint density at radius 1 is 1.41 bits per heavy atom. The number of aromatic amines is 1. The van der Waals surface area contributed by atoms with E-state index in [2.05, 4.69) is 20.6 Å². The minimum absolute atomic E-state index is 0.0253. The van der Waals surface area contributed by atoms with Crippen molar-refractivity contribution < 1.29 is 18.0 Å². The molecule has 3 rings (SSSR count). The third-order valence-electron chi connectivity index (χ3n) is 3.66. The van der Waals surface area contributed by atoms with E-state index in [4.69, 9.17) is 0 Å². The van der Waals surface area contributed by atoms with Gasteiger partial charge in [-0.05, 0) is 31.0 Å². The summed E-state index contributed by atoms with van der Waals surface area (Å²) in [7, 11) is 0. The van der Waals surface area contributed by atoms with Gasteiger partial charge in [-0.2, -0.15) is 5.21 Å². The van der Waals surface area contributed by atoms with Crippen molar-refractivity contribution in [2.45, 2.75) is 25.3 Å². The molecule has 22 heavy (non-hydrogen) atoms. The number of hydrogen-bond donors (Lipinski definition) is 1. The van der Waals surface area contributed by atoms with Crippen LogP contribution in [0.15, 0.2) is 18.2 Å². The van der Waals surface area contributed by atoms with Crippen LogP contribution in [-0.4, -0.2) is 38.0 Å². The van der Waals surface area contributed by atoms with E-state index in [0.29, 0.717) is 18.8 Å². The Hall–Kier alpha value is -2.45. The number of carbonyl (C=O) groups excluding carboxylic acids is 1. The van der Waals surface area contributed by atoms with Gasteiger partial charge in [0, 0.05) is 12.1 Å². The molecule has 1 amide bonds. The van der Waals surface area contributed by atoms with Gasteiger partial charge in [0.1, 0.15) is 5.82 Å². The van der Waals surface area contributed by atoms with Gasteiger partial charge in [0.25, 0.3) is 12.3 Å². The molecule has 9 heteroatoms. The van der Waals surface area contributed by atoms with E-state index in [-0.39, 0.29) is 11.6 Å². The number of nitrogens with one attached hydrogen (secondary N) is 1. The molecule has 0 spiro atoms. The van der Waals surface area contributed by atoms with Crippen LogP contribution in [0.25, 0.3) is 0 Å². The van der Waals surface area contributed by atoms with Gasteiger partial charge >= 0.3 is 0 Å². The van der Waals surface area contributed by atoms with E-state index < -0.39 is 23.7 Å². The molecule has 1 aliphatic rings. The van der Waals surface area contributed by atoms with E-state index in [1.165, 1.54) is 11.0 Å². The van der Waals surface area contributed by atoms with E-state index in [1.54, 1.807) is 0 Å². The van der Waals surface area contributed by atoms with Crippen molar-refractivity contribution in [1.82, 2.24) is 25.5 Å². The van der Waals surface area contributed by atoms with Crippen LogP contribution in [0.4, 0.5) is 13.2 Å². The predicted molar refractivity (Wildman–Crippen MR) is 68.5 cm³/mol. The van der Waals surface area contributed by atoms with Crippen LogP contribution in [0.5, 0.6) is 0 Å². The van der Waals surface area contributed by atoms with Gasteiger partial charge in [0.2, 0.25) is 0 Å². The topological polar surface area (TPSA) is 74.8 Å². The summed E-state index contributed by atoms with van der Waals surface area (Å²) in [6.45, 7) is 0.469. The summed E-state index contributed by atoms with van der Waals surface area (Å²) in [5.74, 6) is -1.14. The quantitative estimate of drug-likeness (QED) is 0.943. The summed E-state index contributed by atoms with van der Waals surface area (Å²) >= 11 is 0. The van der Waals surface area contributed by atoms with Crippen LogP contribution in [0, 0.1) is 5.82 Å². The number of rotatable bonds is 3. The number of tetrazole rings is 1. The van der Waals surface area contributed by atoms with Gasteiger partial charge in [0.05, 0.1) is 11.6 Å². The highest BCUT2D eigenvalue weighted by atomic mass is 19.3. The molecule has 6 nitrogen and oxygen atoms in total. The molecule has 1 N–H and O–H groups in total. The number of H-pyrrole nitrogens is 1. The summed E-state index contributed by atoms with van der Waals surface area (Å²) < 4.78 is 38.7. The second kappa shape index (κ2) is 5.74. The minimum atomic E-state index is -2.91. The van der Waals surface area contributed by atoms with Gasteiger partial charge in [-0.15, -0.1) is 10.2 Å². The summed E-state index contributed by atoms with van der Waals surface area (Å²) in [6, 6.07) is 2.64. The van der Waals surface area contributed by atoms with Crippen LogP contribution in [0.3, 0.4) is 0 Å². The lowest BCUT2D eigenvalue weighted by Gasteiger charge is -2.22. The zero-order valence-electron chi connectivity index (χ0n) is 11.3. The van der Waals surface area contributed by atoms with Crippen molar-refractivity contribution >= 4 is 5.91 Å². The zero-order valence-corrected chi connectivity index (χ0v) is 11.3. The number of nitrogens with zero attached hydrogens (tertiary/aromatic N) is 4. The first-order chi connectivity index (χ1) is 10.6. The first-order valence-electron chi connectivity index (χ1n) is 6.70. The Morgan fingerprint density at radius 2 is 2.23 bits per heavy atom. The number of halogens is 3. The lowest BCUT2D eigenvalue weighted by Crippen LogP contribution is -2.31. The van der Waals surface area contributed by atoms with Crippen LogP contribution in [0.1, 0.15) is 47.1 Å². The van der Waals surface area contributed by atoms with Gasteiger partial charge in [-0.1, -0.05) is 5.21 Å². The molecule has 1 saturated heterocycles. The Bertz CT molecular complexity index is 676. The Morgan fingerprint density at radius 3 is 2.86 bits per heavy atom. The summed E-state index contributed by atoms with van der Waals surface area (Å²) in [6.07, 6.45) is -1.49. The summed E-state index contributed by atoms with van der Waals surface area (Å²) in [5.41, 5.74) is -0.690. The van der Waals surface area contributed by atoms with Crippen LogP contribution in [-0.2, 0) is 0 Å². The summed E-state index contributed by atoms with van der Waals surface area (Å²) in [4.78, 5) is 14.0. The number of carbonyl (C=O) groups is 1. The minimum Gasteiger partial charge on any atom is -0.328 e. The molecule has 1 aromatic heterocycles. The Balaban J connectivity index is 1.86. The molecule has 0 saturated carbocycles. The second-order valence-corrected chi connectivity index (χ2v) is 4.96. The maximum Gasteiger partial charge on any atom is 0.266 e. The molecule has 116 valence electrons. The van der Waals surface area contributed by atoms with E-state index in [0.717, 1.165) is 18.6 Å². The molecular weight excluding hydrogens is 299 g/mol. The molecule has 0 bridgehead atoms. The fourth-order valence-corrected chi connectivity index (χ4v) is 2.59. The highest BCUT2D eigenvalue weighted by Gasteiger charge is 2.33. The number of amides is 1. The number of likely N-dealkylation sites (tertiary alicyclic amines) is 1. The van der Waals surface area contributed by atoms with Gasteiger partial charge in [-0.3, -0.25) is 4.79 Å². The van der Waals surface area contributed by atoms with Crippen molar-refractivity contribution in [2.75, 3.05) is 6.54 Å². The Labute approximate surface area is 123 Å². The first kappa shape index (κ1) is 14.5. The molecular formula is C13H12F3N5O. The largest absolute Gasteiger partial charge is 0.328 e. The van der Waals surface area contributed by atoms with Crippen molar-refractivity contribution in [3.05, 3.63) is 41.0 Å². The highest BCUT2D eigenvalue weighted by molar-refractivity contribution is 5.94. The number of hydrogen-bond acceptors (Lipinski definition) is 4. The first-order valence-corrected chi connectivity index (χ1v) is 6.70. The Kier molecular flexibility index (Phi) is 3.78. The molecule has 1 fully saturated rings. The van der Waals surface area contributed by atoms with Crippen LogP contribution < -0.4 is 0 Å². The lowest BCUT2D eigenvalue weighted by atomic mass is 10.1. The van der Waals surface area contributed by atoms with Gasteiger partial charge < -0.3 is 4.90 Å². The second-order valence-electron chi connectivity index (χ2n) is 4.96. The SMILES string of the molecule is O=C(c1ccc(C(F)F)c(F)c1)N1CCCC1c1nn[nH]n1. The van der Waals surface area contributed by atoms with E-state index >= 15 is 0 Å². The molecule has 1 aromatic carbocycles. The molecule has 1 atom stereocenters. The maximum atomic E-state index is 13.6. The monoisotopic (exact) mass is 311 g/mol. The average Bonchev–Trinajstić information content (AvgIpc) is 3.16. The van der Waals surface area contributed by atoms with Crippen molar-refractivity contribution in [3.63, 3.8) is 0 Å². The zero-order chi connectivity index (χ0) is 15.7. The smallest absolute Gasteiger partial charge is 0.266 e. The average molecular weight is 311 g/mol. The van der Waals surface area contributed by atoms with Gasteiger partial charge in [0.15, 0.2) is 5.82 Å². The normalized spacial score (nSPS) is 18.2. The molecule has 1 unspecified atom stereocenters. The molecule has 0 aliphatic carbocycles. The highest BCUT2D eigenvalue weighted by Crippen LogP contribution is 2.31. The number of benzene rings is 1. The molecule has 2 aromatic rings. The predicted octanol–water partition coefficient (Wildman–Crippen LogP) is 2.25. The number of alkyl halides is 2. The maximum absolute atomic E-state index is 13.6. The van der Waals surface area contributed by atoms with Crippen molar-refractivity contribution in [2.24, 2.45) is 0 Å². The van der Waals surface area contributed by atoms with E-state index in [9.17, 15) is 18.0 Å². The fraction of sp³-hybridized carbons (Fsp3) is 0.385. The lowest BCUT2D eigenvalue weighted by molar-refractivity contribution is 0.0728. The van der Waals surface area contributed by atoms with E-state index in [1.807, 2.05) is 0 Å². The van der Waals surface area contributed by atoms with Gasteiger partial charge in [-0.25, -0.2) is 13.2 Å². The molecule has 2 heterocycles. The number of aromatic nitrogens is 4. The summed E-state index contributed by atoms with van der Waals surface area (Å²) in [5, 5.41) is 13.5. The fourth-order valence-electron chi connectivity index (χ4n) is 2.59. The van der Waals surface area contributed by atoms with Crippen LogP contribution in [0.2, 0.25) is 0 Å². The van der Waals surface area contributed by atoms with Crippen molar-refractivity contribution in [1.29, 1.82) is 0 Å². The standard InChI is InChI=1S/C13H12F3N5O/c14-9-6-7(3-4-8(9)11(15)16)13(22)21-5-1-2-10(21)12-17-19-20-18-12/h3-4,6,10-11H,1-2,5H2,(H,17,18,19,20). The third-order valence-corrected chi connectivity index (χ3v) is 3.66. The molecule has 1 aliphatic heterocycles. The molecule has 0 radical (unpaired) electrons.